The Labute approximate surface area is 109 Å². The number of halogens is 1. The van der Waals surface area contributed by atoms with Crippen LogP contribution in [0.25, 0.3) is 11.0 Å². The van der Waals surface area contributed by atoms with E-state index in [1.807, 2.05) is 29.0 Å². The maximum Gasteiger partial charge on any atom is 0.218 e. The zero-order chi connectivity index (χ0) is 13.2. The van der Waals surface area contributed by atoms with E-state index in [2.05, 4.69) is 9.97 Å². The number of methoxy groups -OCH3 is 1. The highest BCUT2D eigenvalue weighted by atomic mass is 19.1. The van der Waals surface area contributed by atoms with Gasteiger partial charge in [0, 0.05) is 18.0 Å². The molecule has 0 spiro atoms. The fourth-order valence-electron chi connectivity index (χ4n) is 2.11. The maximum atomic E-state index is 13.3. The molecule has 0 aliphatic carbocycles. The number of fused-ring (bicyclic) bond motifs is 1. The highest BCUT2D eigenvalue weighted by Crippen LogP contribution is 2.20. The molecule has 0 N–H and O–H groups in total. The van der Waals surface area contributed by atoms with E-state index in [-0.39, 0.29) is 5.82 Å². The van der Waals surface area contributed by atoms with Gasteiger partial charge >= 0.3 is 0 Å². The molecule has 3 aromatic heterocycles. The lowest BCUT2D eigenvalue weighted by molar-refractivity contribution is 0.389. The fourth-order valence-corrected chi connectivity index (χ4v) is 2.11. The summed E-state index contributed by atoms with van der Waals surface area (Å²) in [7, 11) is 1.53. The Kier molecular flexibility index (Phi) is 2.87. The summed E-state index contributed by atoms with van der Waals surface area (Å²) in [6.45, 7) is 0.489. The average molecular weight is 257 g/mol. The van der Waals surface area contributed by atoms with Crippen molar-refractivity contribution in [3.8, 4) is 5.88 Å². The Morgan fingerprint density at radius 3 is 3.05 bits per heavy atom. The molecule has 3 rings (SSSR count). The van der Waals surface area contributed by atoms with Crippen molar-refractivity contribution in [2.45, 2.75) is 6.54 Å². The Hall–Kier alpha value is -2.43. The van der Waals surface area contributed by atoms with Gasteiger partial charge in [-0.2, -0.15) is 0 Å². The molecule has 19 heavy (non-hydrogen) atoms. The standard InChI is InChI=1S/C14H12FN3O/c1-19-14-10(7-11(15)8-17-14)9-18-6-4-12-13(18)3-2-5-16-12/h2-8H,9H2,1H3. The summed E-state index contributed by atoms with van der Waals surface area (Å²) in [5, 5.41) is 0. The van der Waals surface area contributed by atoms with Crippen LogP contribution in [0.4, 0.5) is 4.39 Å². The molecule has 0 radical (unpaired) electrons. The number of nitrogens with zero attached hydrogens (tertiary/aromatic N) is 3. The van der Waals surface area contributed by atoms with Gasteiger partial charge in [-0.25, -0.2) is 9.37 Å². The Balaban J connectivity index is 2.03. The quantitative estimate of drug-likeness (QED) is 0.724. The predicted octanol–water partition coefficient (Wildman–Crippen LogP) is 2.63. The van der Waals surface area contributed by atoms with Crippen molar-refractivity contribution < 1.29 is 9.13 Å². The molecule has 0 unspecified atom stereocenters. The molecule has 0 fully saturated rings. The van der Waals surface area contributed by atoms with Gasteiger partial charge in [0.15, 0.2) is 0 Å². The zero-order valence-electron chi connectivity index (χ0n) is 10.4. The van der Waals surface area contributed by atoms with Crippen molar-refractivity contribution in [1.29, 1.82) is 0 Å². The first-order valence-corrected chi connectivity index (χ1v) is 5.86. The number of rotatable bonds is 3. The topological polar surface area (TPSA) is 39.9 Å². The van der Waals surface area contributed by atoms with E-state index in [1.165, 1.54) is 13.2 Å². The summed E-state index contributed by atoms with van der Waals surface area (Å²) >= 11 is 0. The molecule has 3 heterocycles. The number of ether oxygens (including phenoxy) is 1. The highest BCUT2D eigenvalue weighted by Gasteiger charge is 2.09. The minimum absolute atomic E-state index is 0.370. The van der Waals surface area contributed by atoms with Gasteiger partial charge in [-0.15, -0.1) is 0 Å². The molecule has 96 valence electrons. The largest absolute Gasteiger partial charge is 0.481 e. The summed E-state index contributed by atoms with van der Waals surface area (Å²) in [5.41, 5.74) is 2.60. The second-order valence-corrected chi connectivity index (χ2v) is 4.17. The summed E-state index contributed by atoms with van der Waals surface area (Å²) in [4.78, 5) is 8.19. The monoisotopic (exact) mass is 257 g/mol. The van der Waals surface area contributed by atoms with Gasteiger partial charge in [0.2, 0.25) is 5.88 Å². The maximum absolute atomic E-state index is 13.3. The van der Waals surface area contributed by atoms with Gasteiger partial charge in [0.1, 0.15) is 5.82 Å². The smallest absolute Gasteiger partial charge is 0.218 e. The molecule has 0 aromatic carbocycles. The van der Waals surface area contributed by atoms with Crippen molar-refractivity contribution in [2.75, 3.05) is 7.11 Å². The number of aromatic nitrogens is 3. The van der Waals surface area contributed by atoms with Gasteiger partial charge in [0.25, 0.3) is 0 Å². The lowest BCUT2D eigenvalue weighted by Crippen LogP contribution is -2.02. The van der Waals surface area contributed by atoms with E-state index in [0.717, 1.165) is 17.2 Å². The van der Waals surface area contributed by atoms with Crippen LogP contribution in [0.15, 0.2) is 42.9 Å². The molecule has 0 aliphatic rings. The SMILES string of the molecule is COc1ncc(F)cc1Cn1ccc2ncccc21. The van der Waals surface area contributed by atoms with Crippen molar-refractivity contribution in [1.82, 2.24) is 14.5 Å². The molecular weight excluding hydrogens is 245 g/mol. The van der Waals surface area contributed by atoms with Crippen LogP contribution in [0.2, 0.25) is 0 Å². The zero-order valence-corrected chi connectivity index (χ0v) is 10.4. The van der Waals surface area contributed by atoms with Gasteiger partial charge in [0.05, 0.1) is 30.9 Å². The third-order valence-corrected chi connectivity index (χ3v) is 2.96. The second-order valence-electron chi connectivity index (χ2n) is 4.17. The van der Waals surface area contributed by atoms with E-state index in [9.17, 15) is 4.39 Å². The highest BCUT2D eigenvalue weighted by molar-refractivity contribution is 5.75. The van der Waals surface area contributed by atoms with E-state index in [0.29, 0.717) is 18.0 Å². The van der Waals surface area contributed by atoms with E-state index in [4.69, 9.17) is 4.74 Å². The first kappa shape index (κ1) is 11.6. The van der Waals surface area contributed by atoms with E-state index < -0.39 is 0 Å². The summed E-state index contributed by atoms with van der Waals surface area (Å²) in [6.07, 6.45) is 4.82. The molecule has 0 aliphatic heterocycles. The van der Waals surface area contributed by atoms with Gasteiger partial charge in [-0.05, 0) is 24.3 Å². The lowest BCUT2D eigenvalue weighted by Gasteiger charge is -2.09. The molecule has 0 saturated heterocycles. The summed E-state index contributed by atoms with van der Waals surface area (Å²) in [5.74, 6) is 0.0672. The van der Waals surface area contributed by atoms with Gasteiger partial charge < -0.3 is 9.30 Å². The number of hydrogen-bond donors (Lipinski definition) is 0. The van der Waals surface area contributed by atoms with Crippen LogP contribution in [0.5, 0.6) is 5.88 Å². The summed E-state index contributed by atoms with van der Waals surface area (Å²) < 4.78 is 20.4. The van der Waals surface area contributed by atoms with Crippen molar-refractivity contribution >= 4 is 11.0 Å². The van der Waals surface area contributed by atoms with Crippen LogP contribution in [0, 0.1) is 5.82 Å². The molecule has 0 saturated carbocycles. The van der Waals surface area contributed by atoms with E-state index in [1.54, 1.807) is 6.20 Å². The van der Waals surface area contributed by atoms with Crippen molar-refractivity contribution in [2.24, 2.45) is 0 Å². The van der Waals surface area contributed by atoms with Gasteiger partial charge in [-0.1, -0.05) is 0 Å². The molecule has 0 bridgehead atoms. The molecule has 3 aromatic rings. The minimum atomic E-state index is -0.370. The Morgan fingerprint density at radius 2 is 2.21 bits per heavy atom. The second kappa shape index (κ2) is 4.68. The first-order valence-electron chi connectivity index (χ1n) is 5.86. The van der Waals surface area contributed by atoms with Crippen LogP contribution < -0.4 is 4.74 Å². The van der Waals surface area contributed by atoms with Crippen molar-refractivity contribution in [3.05, 3.63) is 54.2 Å². The Bertz CT molecular complexity index is 724. The third-order valence-electron chi connectivity index (χ3n) is 2.96. The molecule has 0 atom stereocenters. The van der Waals surface area contributed by atoms with Crippen LogP contribution in [0.1, 0.15) is 5.56 Å². The van der Waals surface area contributed by atoms with Crippen LogP contribution >= 0.6 is 0 Å². The van der Waals surface area contributed by atoms with Crippen molar-refractivity contribution in [3.63, 3.8) is 0 Å². The van der Waals surface area contributed by atoms with Crippen LogP contribution in [-0.2, 0) is 6.54 Å². The fraction of sp³-hybridized carbons (Fsp3) is 0.143. The molecular formula is C14H12FN3O. The number of pyridine rings is 2. The molecule has 5 heteroatoms. The first-order chi connectivity index (χ1) is 9.28. The molecule has 4 nitrogen and oxygen atoms in total. The normalized spacial score (nSPS) is 10.8. The Morgan fingerprint density at radius 1 is 1.32 bits per heavy atom. The van der Waals surface area contributed by atoms with E-state index >= 15 is 0 Å². The molecule has 0 amide bonds. The predicted molar refractivity (Wildman–Crippen MR) is 69.6 cm³/mol. The van der Waals surface area contributed by atoms with Crippen LogP contribution in [-0.4, -0.2) is 21.6 Å². The lowest BCUT2D eigenvalue weighted by atomic mass is 10.2. The number of hydrogen-bond acceptors (Lipinski definition) is 3. The van der Waals surface area contributed by atoms with Gasteiger partial charge in [-0.3, -0.25) is 4.98 Å². The van der Waals surface area contributed by atoms with Crippen LogP contribution in [0.3, 0.4) is 0 Å². The summed E-state index contributed by atoms with van der Waals surface area (Å²) in [6, 6.07) is 7.21. The minimum Gasteiger partial charge on any atom is -0.481 e. The third kappa shape index (κ3) is 2.14. The average Bonchev–Trinajstić information content (AvgIpc) is 2.83.